The number of nitrogens with one attached hydrogen (secondary N) is 1. The minimum absolute atomic E-state index is 0.304. The Morgan fingerprint density at radius 3 is 2.40 bits per heavy atom. The summed E-state index contributed by atoms with van der Waals surface area (Å²) in [4.78, 5) is 0. The van der Waals surface area contributed by atoms with Crippen LogP contribution in [0.25, 0.3) is 0 Å². The molecule has 1 N–H and O–H groups in total. The van der Waals surface area contributed by atoms with Gasteiger partial charge in [0.05, 0.1) is 6.04 Å². The second kappa shape index (κ2) is 6.90. The summed E-state index contributed by atoms with van der Waals surface area (Å²) in [5, 5.41) is 3.62. The maximum absolute atomic E-state index is 5.52. The highest BCUT2D eigenvalue weighted by Gasteiger charge is 2.21. The summed E-state index contributed by atoms with van der Waals surface area (Å²) in [5.41, 5.74) is 0. The summed E-state index contributed by atoms with van der Waals surface area (Å²) in [7, 11) is 0. The third-order valence-electron chi connectivity index (χ3n) is 3.64. The minimum Gasteiger partial charge on any atom is -0.301 e. The van der Waals surface area contributed by atoms with Crippen molar-refractivity contribution in [2.75, 3.05) is 0 Å². The zero-order chi connectivity index (χ0) is 11.1. The molecule has 0 spiro atoms. The van der Waals surface area contributed by atoms with Crippen LogP contribution in [0.3, 0.4) is 0 Å². The molecule has 86 valence electrons. The summed E-state index contributed by atoms with van der Waals surface area (Å²) in [6.45, 7) is 4.50. The predicted molar refractivity (Wildman–Crippen MR) is 66.7 cm³/mol. The van der Waals surface area contributed by atoms with Gasteiger partial charge in [-0.05, 0) is 38.0 Å². The molecule has 1 aliphatic rings. The van der Waals surface area contributed by atoms with Crippen LogP contribution in [-0.4, -0.2) is 12.1 Å². The Hall–Kier alpha value is -0.480. The quantitative estimate of drug-likeness (QED) is 0.682. The number of hydrogen-bond donors (Lipinski definition) is 1. The van der Waals surface area contributed by atoms with E-state index in [4.69, 9.17) is 6.42 Å². The van der Waals surface area contributed by atoms with Gasteiger partial charge in [-0.2, -0.15) is 0 Å². The molecule has 0 radical (unpaired) electrons. The van der Waals surface area contributed by atoms with E-state index < -0.39 is 0 Å². The van der Waals surface area contributed by atoms with Crippen molar-refractivity contribution in [3.05, 3.63) is 0 Å². The van der Waals surface area contributed by atoms with Crippen molar-refractivity contribution in [3.8, 4) is 12.3 Å². The van der Waals surface area contributed by atoms with Gasteiger partial charge in [0, 0.05) is 6.04 Å². The molecular weight excluding hydrogens is 182 g/mol. The Morgan fingerprint density at radius 1 is 1.27 bits per heavy atom. The first-order valence-corrected chi connectivity index (χ1v) is 6.52. The van der Waals surface area contributed by atoms with E-state index in [0.717, 1.165) is 12.3 Å². The Morgan fingerprint density at radius 2 is 1.93 bits per heavy atom. The lowest BCUT2D eigenvalue weighted by Gasteiger charge is -2.30. The second-order valence-electron chi connectivity index (χ2n) is 4.80. The summed E-state index contributed by atoms with van der Waals surface area (Å²) in [6, 6.07) is 0.985. The van der Waals surface area contributed by atoms with E-state index in [1.54, 1.807) is 0 Å². The van der Waals surface area contributed by atoms with Crippen molar-refractivity contribution < 1.29 is 0 Å². The molecule has 0 aromatic heterocycles. The standard InChI is InChI=1S/C14H25N/c1-4-7-13(6-3)15-14-10-8-12(5-2)9-11-14/h3,12-15H,4-5,7-11H2,1-2H3. The molecule has 0 bridgehead atoms. The molecule has 0 aromatic carbocycles. The van der Waals surface area contributed by atoms with E-state index in [0.29, 0.717) is 12.1 Å². The van der Waals surface area contributed by atoms with Crippen molar-refractivity contribution in [2.45, 2.75) is 70.9 Å². The normalized spacial score (nSPS) is 28.3. The monoisotopic (exact) mass is 207 g/mol. The van der Waals surface area contributed by atoms with E-state index in [2.05, 4.69) is 25.1 Å². The Labute approximate surface area is 95.0 Å². The molecule has 1 fully saturated rings. The van der Waals surface area contributed by atoms with E-state index in [-0.39, 0.29) is 0 Å². The van der Waals surface area contributed by atoms with E-state index in [1.807, 2.05) is 0 Å². The first-order valence-electron chi connectivity index (χ1n) is 6.52. The zero-order valence-electron chi connectivity index (χ0n) is 10.3. The number of hydrogen-bond acceptors (Lipinski definition) is 1. The lowest BCUT2D eigenvalue weighted by Crippen LogP contribution is -2.39. The predicted octanol–water partition coefficient (Wildman–Crippen LogP) is 3.35. The van der Waals surface area contributed by atoms with Gasteiger partial charge in [0.15, 0.2) is 0 Å². The third kappa shape index (κ3) is 4.26. The zero-order valence-corrected chi connectivity index (χ0v) is 10.3. The highest BCUT2D eigenvalue weighted by atomic mass is 14.9. The van der Waals surface area contributed by atoms with Crippen LogP contribution >= 0.6 is 0 Å². The van der Waals surface area contributed by atoms with Crippen LogP contribution in [-0.2, 0) is 0 Å². The molecule has 1 saturated carbocycles. The smallest absolute Gasteiger partial charge is 0.0688 e. The van der Waals surface area contributed by atoms with Crippen molar-refractivity contribution in [2.24, 2.45) is 5.92 Å². The summed E-state index contributed by atoms with van der Waals surface area (Å²) in [6.07, 6.45) is 14.6. The fourth-order valence-corrected chi connectivity index (χ4v) is 2.53. The van der Waals surface area contributed by atoms with Gasteiger partial charge in [-0.3, -0.25) is 0 Å². The molecule has 0 aromatic rings. The van der Waals surface area contributed by atoms with Crippen LogP contribution in [0.5, 0.6) is 0 Å². The Kier molecular flexibility index (Phi) is 5.79. The average Bonchev–Trinajstić information content (AvgIpc) is 2.29. The summed E-state index contributed by atoms with van der Waals surface area (Å²) >= 11 is 0. The molecule has 1 atom stereocenters. The third-order valence-corrected chi connectivity index (χ3v) is 3.64. The molecule has 0 amide bonds. The topological polar surface area (TPSA) is 12.0 Å². The van der Waals surface area contributed by atoms with Crippen molar-refractivity contribution in [1.29, 1.82) is 0 Å². The number of terminal acetylenes is 1. The summed E-state index contributed by atoms with van der Waals surface area (Å²) < 4.78 is 0. The van der Waals surface area contributed by atoms with Gasteiger partial charge in [-0.15, -0.1) is 6.42 Å². The van der Waals surface area contributed by atoms with Gasteiger partial charge in [0.2, 0.25) is 0 Å². The maximum atomic E-state index is 5.52. The molecule has 0 saturated heterocycles. The fraction of sp³-hybridized carbons (Fsp3) is 0.857. The maximum Gasteiger partial charge on any atom is 0.0688 e. The van der Waals surface area contributed by atoms with E-state index >= 15 is 0 Å². The van der Waals surface area contributed by atoms with Crippen molar-refractivity contribution in [3.63, 3.8) is 0 Å². The van der Waals surface area contributed by atoms with Crippen LogP contribution in [0.15, 0.2) is 0 Å². The minimum atomic E-state index is 0.304. The highest BCUT2D eigenvalue weighted by molar-refractivity contribution is 5.00. The van der Waals surface area contributed by atoms with Gasteiger partial charge < -0.3 is 5.32 Å². The molecular formula is C14H25N. The first-order chi connectivity index (χ1) is 7.30. The SMILES string of the molecule is C#CC(CCC)NC1CCC(CC)CC1. The van der Waals surface area contributed by atoms with Gasteiger partial charge in [-0.1, -0.05) is 32.6 Å². The average molecular weight is 207 g/mol. The molecule has 1 heteroatoms. The summed E-state index contributed by atoms with van der Waals surface area (Å²) in [5.74, 6) is 3.84. The van der Waals surface area contributed by atoms with Crippen LogP contribution in [0.1, 0.15) is 58.8 Å². The molecule has 1 unspecified atom stereocenters. The second-order valence-corrected chi connectivity index (χ2v) is 4.80. The van der Waals surface area contributed by atoms with Gasteiger partial charge in [0.25, 0.3) is 0 Å². The van der Waals surface area contributed by atoms with Crippen LogP contribution in [0, 0.1) is 18.3 Å². The van der Waals surface area contributed by atoms with Crippen LogP contribution in [0.2, 0.25) is 0 Å². The lowest BCUT2D eigenvalue weighted by molar-refractivity contribution is 0.276. The molecule has 0 heterocycles. The largest absolute Gasteiger partial charge is 0.301 e. The Bertz CT molecular complexity index is 196. The highest BCUT2D eigenvalue weighted by Crippen LogP contribution is 2.26. The molecule has 1 nitrogen and oxygen atoms in total. The van der Waals surface area contributed by atoms with Gasteiger partial charge in [0.1, 0.15) is 0 Å². The van der Waals surface area contributed by atoms with Crippen molar-refractivity contribution >= 4 is 0 Å². The molecule has 1 aliphatic carbocycles. The van der Waals surface area contributed by atoms with Crippen LogP contribution < -0.4 is 5.32 Å². The number of rotatable bonds is 5. The van der Waals surface area contributed by atoms with Gasteiger partial charge in [-0.25, -0.2) is 0 Å². The molecule has 15 heavy (non-hydrogen) atoms. The van der Waals surface area contributed by atoms with Gasteiger partial charge >= 0.3 is 0 Å². The molecule has 0 aliphatic heterocycles. The first kappa shape index (κ1) is 12.6. The van der Waals surface area contributed by atoms with E-state index in [1.165, 1.54) is 38.5 Å². The fourth-order valence-electron chi connectivity index (χ4n) is 2.53. The van der Waals surface area contributed by atoms with Crippen molar-refractivity contribution in [1.82, 2.24) is 5.32 Å². The lowest BCUT2D eigenvalue weighted by atomic mass is 9.84. The van der Waals surface area contributed by atoms with Crippen LogP contribution in [0.4, 0.5) is 0 Å². The Balaban J connectivity index is 2.25. The molecule has 1 rings (SSSR count). The van der Waals surface area contributed by atoms with E-state index in [9.17, 15) is 0 Å².